The lowest BCUT2D eigenvalue weighted by atomic mass is 10.5. The van der Waals surface area contributed by atoms with Gasteiger partial charge in [-0.1, -0.05) is 6.92 Å². The van der Waals surface area contributed by atoms with Crippen LogP contribution in [-0.4, -0.2) is 25.8 Å². The molecule has 0 N–H and O–H groups in total. The summed E-state index contributed by atoms with van der Waals surface area (Å²) in [5.74, 6) is 0. The fourth-order valence-corrected chi connectivity index (χ4v) is 0.247. The molecule has 0 aromatic rings. The van der Waals surface area contributed by atoms with E-state index < -0.39 is 0 Å². The quantitative estimate of drug-likeness (QED) is 0.486. The fourth-order valence-electron chi connectivity index (χ4n) is 0.247. The summed E-state index contributed by atoms with van der Waals surface area (Å²) in [6.45, 7) is 4.32. The Balaban J connectivity index is 2.68. The van der Waals surface area contributed by atoms with Crippen molar-refractivity contribution in [1.82, 2.24) is 5.06 Å². The summed E-state index contributed by atoms with van der Waals surface area (Å²) in [7, 11) is 3.71. The highest BCUT2D eigenvalue weighted by Crippen LogP contribution is 1.79. The van der Waals surface area contributed by atoms with Crippen LogP contribution in [0.1, 0.15) is 6.42 Å². The standard InChI is InChI=1S/C5H12NO/c1-4-5-7-6(2)3/h1,4-5H2,2-3H3. The van der Waals surface area contributed by atoms with Crippen molar-refractivity contribution < 1.29 is 4.84 Å². The Kier molecular flexibility index (Phi) is 4.04. The van der Waals surface area contributed by atoms with Gasteiger partial charge in [-0.25, -0.2) is 0 Å². The minimum absolute atomic E-state index is 0.715. The molecule has 0 bridgehead atoms. The summed E-state index contributed by atoms with van der Waals surface area (Å²) < 4.78 is 0. The smallest absolute Gasteiger partial charge is 0.0684 e. The zero-order valence-electron chi connectivity index (χ0n) is 4.98. The predicted molar refractivity (Wildman–Crippen MR) is 29.6 cm³/mol. The first-order chi connectivity index (χ1) is 3.27. The van der Waals surface area contributed by atoms with E-state index >= 15 is 0 Å². The van der Waals surface area contributed by atoms with E-state index in [-0.39, 0.29) is 0 Å². The van der Waals surface area contributed by atoms with E-state index in [1.807, 2.05) is 14.1 Å². The van der Waals surface area contributed by atoms with Crippen molar-refractivity contribution in [2.45, 2.75) is 6.42 Å². The number of hydrogen-bond donors (Lipinski definition) is 0. The van der Waals surface area contributed by atoms with E-state index in [1.165, 1.54) is 0 Å². The van der Waals surface area contributed by atoms with Gasteiger partial charge in [0.25, 0.3) is 0 Å². The van der Waals surface area contributed by atoms with Gasteiger partial charge in [0.05, 0.1) is 6.61 Å². The van der Waals surface area contributed by atoms with Crippen molar-refractivity contribution in [2.24, 2.45) is 0 Å². The van der Waals surface area contributed by atoms with Gasteiger partial charge in [0, 0.05) is 14.1 Å². The van der Waals surface area contributed by atoms with Crippen LogP contribution in [0.4, 0.5) is 0 Å². The molecule has 43 valence electrons. The maximum atomic E-state index is 4.96. The first kappa shape index (κ1) is 6.92. The molecule has 0 aliphatic carbocycles. The average molecular weight is 102 g/mol. The topological polar surface area (TPSA) is 12.5 Å². The number of hydroxylamine groups is 2. The van der Waals surface area contributed by atoms with Crippen LogP contribution >= 0.6 is 0 Å². The highest BCUT2D eigenvalue weighted by Gasteiger charge is 1.82. The van der Waals surface area contributed by atoms with Gasteiger partial charge in [0.2, 0.25) is 0 Å². The van der Waals surface area contributed by atoms with Crippen LogP contribution in [0.15, 0.2) is 0 Å². The van der Waals surface area contributed by atoms with Crippen molar-refractivity contribution in [2.75, 3.05) is 20.7 Å². The van der Waals surface area contributed by atoms with Gasteiger partial charge in [-0.2, -0.15) is 5.06 Å². The highest BCUT2D eigenvalue weighted by atomic mass is 16.7. The van der Waals surface area contributed by atoms with E-state index in [9.17, 15) is 0 Å². The van der Waals surface area contributed by atoms with Crippen molar-refractivity contribution in [1.29, 1.82) is 0 Å². The Morgan fingerprint density at radius 2 is 2.14 bits per heavy atom. The lowest BCUT2D eigenvalue weighted by Crippen LogP contribution is -2.12. The first-order valence-corrected chi connectivity index (χ1v) is 2.37. The van der Waals surface area contributed by atoms with Crippen molar-refractivity contribution in [3.05, 3.63) is 6.92 Å². The predicted octanol–water partition coefficient (Wildman–Crippen LogP) is 0.704. The molecule has 0 aliphatic heterocycles. The van der Waals surface area contributed by atoms with Gasteiger partial charge < -0.3 is 0 Å². The summed E-state index contributed by atoms with van der Waals surface area (Å²) in [4.78, 5) is 4.96. The molecule has 0 amide bonds. The summed E-state index contributed by atoms with van der Waals surface area (Å²) >= 11 is 0. The summed E-state index contributed by atoms with van der Waals surface area (Å²) in [5, 5.41) is 1.67. The Morgan fingerprint density at radius 3 is 2.29 bits per heavy atom. The second kappa shape index (κ2) is 4.09. The van der Waals surface area contributed by atoms with Crippen molar-refractivity contribution in [3.8, 4) is 0 Å². The second-order valence-corrected chi connectivity index (χ2v) is 1.50. The molecule has 7 heavy (non-hydrogen) atoms. The highest BCUT2D eigenvalue weighted by molar-refractivity contribution is 4.32. The molecule has 0 aliphatic rings. The van der Waals surface area contributed by atoms with E-state index in [1.54, 1.807) is 5.06 Å². The summed E-state index contributed by atoms with van der Waals surface area (Å²) in [5.41, 5.74) is 0. The molecular weight excluding hydrogens is 90.1 g/mol. The number of hydrogen-bond acceptors (Lipinski definition) is 2. The molecule has 0 aromatic carbocycles. The maximum Gasteiger partial charge on any atom is 0.0684 e. The van der Waals surface area contributed by atoms with Gasteiger partial charge in [-0.05, 0) is 6.42 Å². The molecule has 0 aromatic heterocycles. The van der Waals surface area contributed by atoms with E-state index in [0.717, 1.165) is 6.42 Å². The van der Waals surface area contributed by atoms with Gasteiger partial charge in [0.15, 0.2) is 0 Å². The molecule has 2 nitrogen and oxygen atoms in total. The van der Waals surface area contributed by atoms with Crippen LogP contribution in [-0.2, 0) is 4.84 Å². The molecule has 0 heterocycles. The van der Waals surface area contributed by atoms with Crippen LogP contribution in [0, 0.1) is 6.92 Å². The molecule has 0 rings (SSSR count). The van der Waals surface area contributed by atoms with Crippen LogP contribution < -0.4 is 0 Å². The van der Waals surface area contributed by atoms with E-state index in [2.05, 4.69) is 6.92 Å². The summed E-state index contributed by atoms with van der Waals surface area (Å²) in [6.07, 6.45) is 0.832. The fraction of sp³-hybridized carbons (Fsp3) is 0.800. The zero-order valence-corrected chi connectivity index (χ0v) is 4.98. The second-order valence-electron chi connectivity index (χ2n) is 1.50. The Bertz CT molecular complexity index is 37.1. The van der Waals surface area contributed by atoms with Gasteiger partial charge in [-0.3, -0.25) is 4.84 Å². The third-order valence-corrected chi connectivity index (χ3v) is 0.494. The normalized spacial score (nSPS) is 10.3. The third-order valence-electron chi connectivity index (χ3n) is 0.494. The van der Waals surface area contributed by atoms with Crippen LogP contribution in [0.25, 0.3) is 0 Å². The van der Waals surface area contributed by atoms with Crippen LogP contribution in [0.2, 0.25) is 0 Å². The first-order valence-electron chi connectivity index (χ1n) is 2.37. The zero-order chi connectivity index (χ0) is 5.70. The lowest BCUT2D eigenvalue weighted by molar-refractivity contribution is -0.117. The monoisotopic (exact) mass is 102 g/mol. The Morgan fingerprint density at radius 1 is 1.57 bits per heavy atom. The average Bonchev–Trinajstić information content (AvgIpc) is 1.61. The maximum absolute atomic E-state index is 4.96. The molecule has 0 saturated carbocycles. The number of rotatable bonds is 3. The molecule has 0 spiro atoms. The van der Waals surface area contributed by atoms with Crippen LogP contribution in [0.5, 0.6) is 0 Å². The largest absolute Gasteiger partial charge is 0.300 e. The van der Waals surface area contributed by atoms with Crippen molar-refractivity contribution >= 4 is 0 Å². The minimum atomic E-state index is 0.715. The lowest BCUT2D eigenvalue weighted by Gasteiger charge is -2.07. The number of nitrogens with zero attached hydrogens (tertiary/aromatic N) is 1. The Labute approximate surface area is 45.0 Å². The molecule has 1 radical (unpaired) electrons. The molecule has 2 heteroatoms. The Hall–Kier alpha value is -0.0800. The van der Waals surface area contributed by atoms with Gasteiger partial charge >= 0.3 is 0 Å². The van der Waals surface area contributed by atoms with Gasteiger partial charge in [-0.15, -0.1) is 0 Å². The minimum Gasteiger partial charge on any atom is -0.300 e. The van der Waals surface area contributed by atoms with Gasteiger partial charge in [0.1, 0.15) is 0 Å². The SMILES string of the molecule is [CH2]CCON(C)C. The van der Waals surface area contributed by atoms with E-state index in [4.69, 9.17) is 4.84 Å². The third kappa shape index (κ3) is 5.92. The molecule has 0 saturated heterocycles. The van der Waals surface area contributed by atoms with Crippen LogP contribution in [0.3, 0.4) is 0 Å². The molecule has 0 fully saturated rings. The molecule has 0 atom stereocenters. The molecular formula is C5H12NO. The van der Waals surface area contributed by atoms with E-state index in [0.29, 0.717) is 6.61 Å². The summed E-state index contributed by atoms with van der Waals surface area (Å²) in [6, 6.07) is 0. The molecule has 0 unspecified atom stereocenters. The van der Waals surface area contributed by atoms with Crippen molar-refractivity contribution in [3.63, 3.8) is 0 Å².